The number of likely N-dealkylation sites (N-methyl/N-ethyl adjacent to an activating group) is 1. The molecule has 0 bridgehead atoms. The van der Waals surface area contributed by atoms with Gasteiger partial charge in [-0.2, -0.15) is 0 Å². The number of benzene rings is 1. The van der Waals surface area contributed by atoms with Crippen molar-refractivity contribution in [1.29, 1.82) is 0 Å². The van der Waals surface area contributed by atoms with Crippen LogP contribution in [-0.2, 0) is 0 Å². The van der Waals surface area contributed by atoms with Crippen molar-refractivity contribution in [2.45, 2.75) is 18.9 Å². The van der Waals surface area contributed by atoms with E-state index in [1.807, 2.05) is 0 Å². The molecule has 1 aromatic carbocycles. The zero-order chi connectivity index (χ0) is 14.8. The number of rotatable bonds is 4. The molecule has 7 heteroatoms. The molecule has 7 nitrogen and oxygen atoms in total. The summed E-state index contributed by atoms with van der Waals surface area (Å²) in [6.45, 7) is 1.90. The topological polar surface area (TPSA) is 84.2 Å². The average molecular weight is 287 g/mol. The van der Waals surface area contributed by atoms with Gasteiger partial charge in [0.2, 0.25) is 0 Å². The Morgan fingerprint density at radius 2 is 2.33 bits per heavy atom. The second-order valence-corrected chi connectivity index (χ2v) is 5.34. The highest BCUT2D eigenvalue weighted by molar-refractivity contribution is 5.90. The molecular weight excluding hydrogens is 270 g/mol. The summed E-state index contributed by atoms with van der Waals surface area (Å²) >= 11 is 0. The number of non-ortho nitro benzene ring substituents is 1. The van der Waals surface area contributed by atoms with Crippen LogP contribution in [0.2, 0.25) is 0 Å². The average Bonchev–Trinajstić information content (AvgIpc) is 2.89. The number of nitrogens with one attached hydrogen (secondary N) is 1. The van der Waals surface area contributed by atoms with E-state index in [0.29, 0.717) is 22.8 Å². The van der Waals surface area contributed by atoms with Gasteiger partial charge in [0.1, 0.15) is 12.1 Å². The first kappa shape index (κ1) is 13.7. The first-order chi connectivity index (χ1) is 10.1. The van der Waals surface area contributed by atoms with Crippen LogP contribution in [0.25, 0.3) is 10.9 Å². The summed E-state index contributed by atoms with van der Waals surface area (Å²) < 4.78 is 0. The molecule has 1 N–H and O–H groups in total. The van der Waals surface area contributed by atoms with Crippen LogP contribution in [0, 0.1) is 10.1 Å². The third kappa shape index (κ3) is 2.78. The highest BCUT2D eigenvalue weighted by atomic mass is 16.6. The Balaban J connectivity index is 1.86. The summed E-state index contributed by atoms with van der Waals surface area (Å²) in [5.41, 5.74) is 0.760. The Bertz CT molecular complexity index is 675. The molecule has 2 heterocycles. The van der Waals surface area contributed by atoms with E-state index in [2.05, 4.69) is 27.2 Å². The molecule has 0 spiro atoms. The van der Waals surface area contributed by atoms with Gasteiger partial charge < -0.3 is 10.2 Å². The van der Waals surface area contributed by atoms with Crippen LogP contribution in [0.4, 0.5) is 11.5 Å². The Labute approximate surface area is 122 Å². The number of fused-ring (bicyclic) bond motifs is 1. The third-order valence-electron chi connectivity index (χ3n) is 4.01. The second kappa shape index (κ2) is 5.61. The van der Waals surface area contributed by atoms with Gasteiger partial charge in [0.25, 0.3) is 5.69 Å². The molecule has 0 amide bonds. The fourth-order valence-electron chi connectivity index (χ4n) is 2.75. The fraction of sp³-hybridized carbons (Fsp3) is 0.429. The molecule has 21 heavy (non-hydrogen) atoms. The van der Waals surface area contributed by atoms with Crippen LogP contribution in [0.3, 0.4) is 0 Å². The first-order valence-corrected chi connectivity index (χ1v) is 6.98. The maximum atomic E-state index is 10.9. The van der Waals surface area contributed by atoms with Gasteiger partial charge in [-0.3, -0.25) is 10.1 Å². The summed E-state index contributed by atoms with van der Waals surface area (Å²) in [5.74, 6) is 0.656. The number of nitro benzene ring substituents is 1. The number of anilines is 1. The van der Waals surface area contributed by atoms with Crippen molar-refractivity contribution in [3.8, 4) is 0 Å². The SMILES string of the molecule is CN1CCCC1CNc1ncnc2ccc([N+](=O)[O-])cc12. The Kier molecular flexibility index (Phi) is 3.66. The third-order valence-corrected chi connectivity index (χ3v) is 4.01. The minimum absolute atomic E-state index is 0.0540. The van der Waals surface area contributed by atoms with E-state index in [9.17, 15) is 10.1 Å². The van der Waals surface area contributed by atoms with Crippen molar-refractivity contribution in [2.24, 2.45) is 0 Å². The summed E-state index contributed by atoms with van der Waals surface area (Å²) in [7, 11) is 2.11. The summed E-state index contributed by atoms with van der Waals surface area (Å²) in [6.07, 6.45) is 3.85. The number of nitro groups is 1. The van der Waals surface area contributed by atoms with Crippen molar-refractivity contribution in [3.05, 3.63) is 34.6 Å². The van der Waals surface area contributed by atoms with E-state index in [-0.39, 0.29) is 5.69 Å². The van der Waals surface area contributed by atoms with E-state index < -0.39 is 4.92 Å². The molecule has 0 radical (unpaired) electrons. The van der Waals surface area contributed by atoms with Crippen LogP contribution in [0.5, 0.6) is 0 Å². The predicted octanol–water partition coefficient (Wildman–Crippen LogP) is 2.04. The number of hydrogen-bond acceptors (Lipinski definition) is 6. The number of nitrogens with zero attached hydrogens (tertiary/aromatic N) is 4. The fourth-order valence-corrected chi connectivity index (χ4v) is 2.75. The van der Waals surface area contributed by atoms with Crippen LogP contribution in [0.1, 0.15) is 12.8 Å². The zero-order valence-electron chi connectivity index (χ0n) is 11.8. The largest absolute Gasteiger partial charge is 0.368 e. The molecule has 1 fully saturated rings. The molecule has 2 aromatic rings. The predicted molar refractivity (Wildman–Crippen MR) is 80.3 cm³/mol. The minimum atomic E-state index is -0.402. The summed E-state index contributed by atoms with van der Waals surface area (Å²) in [6, 6.07) is 5.12. The van der Waals surface area contributed by atoms with Crippen LogP contribution >= 0.6 is 0 Å². The molecule has 0 saturated carbocycles. The van der Waals surface area contributed by atoms with Crippen LogP contribution < -0.4 is 5.32 Å². The number of aromatic nitrogens is 2. The van der Waals surface area contributed by atoms with E-state index >= 15 is 0 Å². The van der Waals surface area contributed by atoms with Gasteiger partial charge in [-0.25, -0.2) is 9.97 Å². The van der Waals surface area contributed by atoms with Crippen molar-refractivity contribution in [3.63, 3.8) is 0 Å². The van der Waals surface area contributed by atoms with Crippen molar-refractivity contribution in [1.82, 2.24) is 14.9 Å². The number of likely N-dealkylation sites (tertiary alicyclic amines) is 1. The lowest BCUT2D eigenvalue weighted by Gasteiger charge is -2.20. The van der Waals surface area contributed by atoms with E-state index in [1.54, 1.807) is 6.07 Å². The molecule has 0 aliphatic carbocycles. The van der Waals surface area contributed by atoms with Crippen molar-refractivity contribution in [2.75, 3.05) is 25.5 Å². The molecule has 1 saturated heterocycles. The number of hydrogen-bond donors (Lipinski definition) is 1. The van der Waals surface area contributed by atoms with Crippen LogP contribution in [-0.4, -0.2) is 46.0 Å². The molecule has 1 aliphatic heterocycles. The second-order valence-electron chi connectivity index (χ2n) is 5.34. The smallest absolute Gasteiger partial charge is 0.270 e. The van der Waals surface area contributed by atoms with Gasteiger partial charge in [-0.05, 0) is 32.5 Å². The lowest BCUT2D eigenvalue weighted by atomic mass is 10.2. The van der Waals surface area contributed by atoms with Gasteiger partial charge >= 0.3 is 0 Å². The van der Waals surface area contributed by atoms with Gasteiger partial charge in [-0.1, -0.05) is 0 Å². The highest BCUT2D eigenvalue weighted by Gasteiger charge is 2.21. The zero-order valence-corrected chi connectivity index (χ0v) is 11.8. The minimum Gasteiger partial charge on any atom is -0.368 e. The van der Waals surface area contributed by atoms with Gasteiger partial charge in [0.05, 0.1) is 10.4 Å². The molecule has 1 unspecified atom stereocenters. The molecule has 110 valence electrons. The van der Waals surface area contributed by atoms with E-state index in [0.717, 1.165) is 19.5 Å². The molecule has 1 aliphatic rings. The Hall–Kier alpha value is -2.28. The maximum Gasteiger partial charge on any atom is 0.270 e. The summed E-state index contributed by atoms with van der Waals surface area (Å²) in [4.78, 5) is 21.2. The highest BCUT2D eigenvalue weighted by Crippen LogP contribution is 2.25. The molecule has 3 rings (SSSR count). The van der Waals surface area contributed by atoms with Gasteiger partial charge in [0, 0.05) is 30.1 Å². The molecule has 1 aromatic heterocycles. The molecule has 1 atom stereocenters. The maximum absolute atomic E-state index is 10.9. The monoisotopic (exact) mass is 287 g/mol. The Morgan fingerprint density at radius 1 is 1.48 bits per heavy atom. The Morgan fingerprint density at radius 3 is 3.05 bits per heavy atom. The standard InChI is InChI=1S/C14H17N5O2/c1-18-6-2-3-11(18)8-15-14-12-7-10(19(20)21)4-5-13(12)16-9-17-14/h4-5,7,9,11H,2-3,6,8H2,1H3,(H,15,16,17). The normalized spacial score (nSPS) is 19.0. The van der Waals surface area contributed by atoms with Gasteiger partial charge in [0.15, 0.2) is 0 Å². The summed E-state index contributed by atoms with van der Waals surface area (Å²) in [5, 5.41) is 14.9. The van der Waals surface area contributed by atoms with E-state index in [1.165, 1.54) is 24.9 Å². The van der Waals surface area contributed by atoms with Crippen molar-refractivity contribution >= 4 is 22.4 Å². The first-order valence-electron chi connectivity index (χ1n) is 6.98. The quantitative estimate of drug-likeness (QED) is 0.684. The van der Waals surface area contributed by atoms with Gasteiger partial charge in [-0.15, -0.1) is 0 Å². The van der Waals surface area contributed by atoms with E-state index in [4.69, 9.17) is 0 Å². The lowest BCUT2D eigenvalue weighted by molar-refractivity contribution is -0.384. The lowest BCUT2D eigenvalue weighted by Crippen LogP contribution is -2.31. The molecular formula is C14H17N5O2. The van der Waals surface area contributed by atoms with Crippen LogP contribution in [0.15, 0.2) is 24.5 Å². The van der Waals surface area contributed by atoms with Crippen molar-refractivity contribution < 1.29 is 4.92 Å².